The average Bonchev–Trinajstić information content (AvgIpc) is 3.21. The molecular weight excluding hydrogens is 232 g/mol. The lowest BCUT2D eigenvalue weighted by Gasteiger charge is -2.28. The van der Waals surface area contributed by atoms with E-state index >= 15 is 0 Å². The lowest BCUT2D eigenvalue weighted by Crippen LogP contribution is -2.29. The Morgan fingerprint density at radius 2 is 1.89 bits per heavy atom. The Morgan fingerprint density at radius 3 is 2.58 bits per heavy atom. The molecule has 3 rings (SSSR count). The zero-order valence-corrected chi connectivity index (χ0v) is 12.2. The molecule has 2 fully saturated rings. The van der Waals surface area contributed by atoms with Crippen molar-refractivity contribution in [3.63, 3.8) is 0 Å². The molecule has 1 aliphatic heterocycles. The third-order valence-electron chi connectivity index (χ3n) is 4.76. The lowest BCUT2D eigenvalue weighted by molar-refractivity contribution is 0.271. The molecule has 0 radical (unpaired) electrons. The highest BCUT2D eigenvalue weighted by Crippen LogP contribution is 2.46. The van der Waals surface area contributed by atoms with Crippen LogP contribution in [0.1, 0.15) is 49.3 Å². The molecule has 2 heteroatoms. The molecule has 0 spiro atoms. The Morgan fingerprint density at radius 1 is 1.16 bits per heavy atom. The number of rotatable bonds is 5. The molecule has 2 atom stereocenters. The Bertz CT molecular complexity index is 425. The first kappa shape index (κ1) is 13.1. The van der Waals surface area contributed by atoms with Crippen molar-refractivity contribution in [1.82, 2.24) is 10.2 Å². The lowest BCUT2D eigenvalue weighted by atomic mass is 9.89. The van der Waals surface area contributed by atoms with Crippen LogP contribution in [-0.2, 0) is 0 Å². The first-order chi connectivity index (χ1) is 9.31. The van der Waals surface area contributed by atoms with Gasteiger partial charge in [0.05, 0.1) is 0 Å². The molecule has 19 heavy (non-hydrogen) atoms. The van der Waals surface area contributed by atoms with Crippen LogP contribution in [-0.4, -0.2) is 31.6 Å². The summed E-state index contributed by atoms with van der Waals surface area (Å²) >= 11 is 0. The maximum absolute atomic E-state index is 3.55. The van der Waals surface area contributed by atoms with E-state index in [1.165, 1.54) is 25.8 Å². The summed E-state index contributed by atoms with van der Waals surface area (Å²) < 4.78 is 0. The predicted octanol–water partition coefficient (Wildman–Crippen LogP) is 3.17. The molecule has 104 valence electrons. The van der Waals surface area contributed by atoms with Gasteiger partial charge in [0.2, 0.25) is 0 Å². The minimum Gasteiger partial charge on any atom is -0.317 e. The van der Waals surface area contributed by atoms with Crippen molar-refractivity contribution in [2.75, 3.05) is 26.7 Å². The van der Waals surface area contributed by atoms with Gasteiger partial charge in [0.25, 0.3) is 0 Å². The van der Waals surface area contributed by atoms with Gasteiger partial charge in [-0.15, -0.1) is 0 Å². The molecule has 1 saturated heterocycles. The predicted molar refractivity (Wildman–Crippen MR) is 80.4 cm³/mol. The van der Waals surface area contributed by atoms with Crippen LogP contribution in [0.15, 0.2) is 24.3 Å². The molecular formula is C17H26N2. The summed E-state index contributed by atoms with van der Waals surface area (Å²) in [5.41, 5.74) is 3.23. The summed E-state index contributed by atoms with van der Waals surface area (Å²) in [4.78, 5) is 2.56. The van der Waals surface area contributed by atoms with Crippen LogP contribution >= 0.6 is 0 Å². The first-order valence-corrected chi connectivity index (χ1v) is 7.81. The van der Waals surface area contributed by atoms with Crippen LogP contribution < -0.4 is 5.32 Å². The van der Waals surface area contributed by atoms with E-state index in [0.717, 1.165) is 24.9 Å². The van der Waals surface area contributed by atoms with Crippen molar-refractivity contribution in [2.45, 2.75) is 38.1 Å². The fraction of sp³-hybridized carbons (Fsp3) is 0.647. The van der Waals surface area contributed by atoms with E-state index < -0.39 is 0 Å². The van der Waals surface area contributed by atoms with Gasteiger partial charge in [-0.05, 0) is 68.9 Å². The van der Waals surface area contributed by atoms with E-state index in [1.54, 1.807) is 11.1 Å². The summed E-state index contributed by atoms with van der Waals surface area (Å²) in [6.45, 7) is 5.67. The molecule has 1 saturated carbocycles. The van der Waals surface area contributed by atoms with Crippen LogP contribution in [0.2, 0.25) is 0 Å². The summed E-state index contributed by atoms with van der Waals surface area (Å²) in [6.07, 6.45) is 4.11. The van der Waals surface area contributed by atoms with Crippen molar-refractivity contribution in [2.24, 2.45) is 5.92 Å². The third-order valence-corrected chi connectivity index (χ3v) is 4.76. The topological polar surface area (TPSA) is 15.3 Å². The smallest absolute Gasteiger partial charge is 0.0388 e. The monoisotopic (exact) mass is 258 g/mol. The summed E-state index contributed by atoms with van der Waals surface area (Å²) in [5, 5.41) is 3.55. The van der Waals surface area contributed by atoms with Gasteiger partial charge in [-0.1, -0.05) is 31.2 Å². The van der Waals surface area contributed by atoms with Gasteiger partial charge in [0.15, 0.2) is 0 Å². The Kier molecular flexibility index (Phi) is 3.90. The second-order valence-electron chi connectivity index (χ2n) is 6.19. The van der Waals surface area contributed by atoms with E-state index in [4.69, 9.17) is 0 Å². The molecule has 1 heterocycles. The second-order valence-corrected chi connectivity index (χ2v) is 6.19. The van der Waals surface area contributed by atoms with E-state index in [1.807, 2.05) is 0 Å². The Balaban J connectivity index is 1.85. The summed E-state index contributed by atoms with van der Waals surface area (Å²) in [7, 11) is 2.29. The van der Waals surface area contributed by atoms with Gasteiger partial charge in [-0.3, -0.25) is 4.90 Å². The van der Waals surface area contributed by atoms with Gasteiger partial charge in [0.1, 0.15) is 0 Å². The second kappa shape index (κ2) is 5.64. The van der Waals surface area contributed by atoms with Gasteiger partial charge in [-0.2, -0.15) is 0 Å². The minimum absolute atomic E-state index is 0.621. The van der Waals surface area contributed by atoms with Crippen LogP contribution in [0.4, 0.5) is 0 Å². The standard InChI is InChI=1S/C17H26N2/c1-3-18-12-14-10-11-19(2)17(14)16-7-5-4-6-15(16)13-8-9-13/h4-7,13-14,17-18H,3,8-12H2,1-2H3. The zero-order valence-electron chi connectivity index (χ0n) is 12.2. The first-order valence-electron chi connectivity index (χ1n) is 7.81. The SMILES string of the molecule is CCNCC1CCN(C)C1c1ccccc1C1CC1. The number of nitrogens with one attached hydrogen (secondary N) is 1. The highest BCUT2D eigenvalue weighted by molar-refractivity contribution is 5.36. The van der Waals surface area contributed by atoms with Crippen molar-refractivity contribution < 1.29 is 0 Å². The number of hydrogen-bond donors (Lipinski definition) is 1. The fourth-order valence-corrected chi connectivity index (χ4v) is 3.61. The number of benzene rings is 1. The van der Waals surface area contributed by atoms with Crippen molar-refractivity contribution in [3.8, 4) is 0 Å². The largest absolute Gasteiger partial charge is 0.317 e. The molecule has 0 amide bonds. The van der Waals surface area contributed by atoms with Gasteiger partial charge < -0.3 is 5.32 Å². The molecule has 1 aromatic rings. The van der Waals surface area contributed by atoms with E-state index in [0.29, 0.717) is 6.04 Å². The Labute approximate surface area is 117 Å². The highest BCUT2D eigenvalue weighted by Gasteiger charge is 2.36. The maximum Gasteiger partial charge on any atom is 0.0388 e. The van der Waals surface area contributed by atoms with Gasteiger partial charge >= 0.3 is 0 Å². The van der Waals surface area contributed by atoms with E-state index in [-0.39, 0.29) is 0 Å². The fourth-order valence-electron chi connectivity index (χ4n) is 3.61. The molecule has 2 nitrogen and oxygen atoms in total. The molecule has 2 unspecified atom stereocenters. The summed E-state index contributed by atoms with van der Waals surface area (Å²) in [6, 6.07) is 9.79. The minimum atomic E-state index is 0.621. The quantitative estimate of drug-likeness (QED) is 0.872. The molecule has 1 N–H and O–H groups in total. The number of hydrogen-bond acceptors (Lipinski definition) is 2. The van der Waals surface area contributed by atoms with Gasteiger partial charge in [0, 0.05) is 6.04 Å². The van der Waals surface area contributed by atoms with E-state index in [2.05, 4.69) is 48.5 Å². The van der Waals surface area contributed by atoms with Crippen LogP contribution in [0.5, 0.6) is 0 Å². The van der Waals surface area contributed by atoms with Crippen molar-refractivity contribution in [1.29, 1.82) is 0 Å². The van der Waals surface area contributed by atoms with Crippen LogP contribution in [0.25, 0.3) is 0 Å². The van der Waals surface area contributed by atoms with Crippen molar-refractivity contribution >= 4 is 0 Å². The normalized spacial score (nSPS) is 27.9. The van der Waals surface area contributed by atoms with Crippen LogP contribution in [0, 0.1) is 5.92 Å². The summed E-state index contributed by atoms with van der Waals surface area (Å²) in [5.74, 6) is 1.62. The third kappa shape index (κ3) is 2.70. The molecule has 2 aliphatic rings. The van der Waals surface area contributed by atoms with Gasteiger partial charge in [-0.25, -0.2) is 0 Å². The molecule has 0 bridgehead atoms. The number of likely N-dealkylation sites (tertiary alicyclic amines) is 1. The van der Waals surface area contributed by atoms with E-state index in [9.17, 15) is 0 Å². The molecule has 1 aliphatic carbocycles. The Hall–Kier alpha value is -0.860. The van der Waals surface area contributed by atoms with Crippen LogP contribution in [0.3, 0.4) is 0 Å². The number of nitrogens with zero attached hydrogens (tertiary/aromatic N) is 1. The average molecular weight is 258 g/mol. The van der Waals surface area contributed by atoms with Crippen molar-refractivity contribution in [3.05, 3.63) is 35.4 Å². The highest BCUT2D eigenvalue weighted by atomic mass is 15.2. The molecule has 1 aromatic carbocycles. The molecule has 0 aromatic heterocycles. The zero-order chi connectivity index (χ0) is 13.2. The maximum atomic E-state index is 3.55.